The van der Waals surface area contributed by atoms with Gasteiger partial charge in [0.25, 0.3) is 0 Å². The van der Waals surface area contributed by atoms with Crippen molar-refractivity contribution in [3.05, 3.63) is 18.7 Å². The summed E-state index contributed by atoms with van der Waals surface area (Å²) in [6.45, 7) is 3.73. The summed E-state index contributed by atoms with van der Waals surface area (Å²) in [5, 5.41) is 3.30. The fraction of sp³-hybridized carbons (Fsp3) is 0.625. The van der Waals surface area contributed by atoms with Crippen LogP contribution in [0, 0.1) is 0 Å². The molecule has 0 spiro atoms. The van der Waals surface area contributed by atoms with Crippen LogP contribution in [0.5, 0.6) is 0 Å². The fourth-order valence-corrected chi connectivity index (χ4v) is 0.979. The highest BCUT2D eigenvalue weighted by Crippen LogP contribution is 1.83. The molecule has 0 saturated heterocycles. The first-order valence-corrected chi connectivity index (χ1v) is 4.30. The average Bonchev–Trinajstić information content (AvgIpc) is 2.57. The molecule has 0 aromatic carbocycles. The van der Waals surface area contributed by atoms with E-state index in [2.05, 4.69) is 14.9 Å². The lowest BCUT2D eigenvalue weighted by Crippen LogP contribution is -2.22. The monoisotopic (exact) mass is 168 g/mol. The Morgan fingerprint density at radius 2 is 2.33 bits per heavy atom. The van der Waals surface area contributed by atoms with E-state index in [0.717, 1.165) is 32.6 Å². The van der Waals surface area contributed by atoms with E-state index in [4.69, 9.17) is 5.73 Å². The Hall–Kier alpha value is -0.870. The predicted molar refractivity (Wildman–Crippen MR) is 48.8 cm³/mol. The van der Waals surface area contributed by atoms with Gasteiger partial charge in [0.05, 0.1) is 6.33 Å². The summed E-state index contributed by atoms with van der Waals surface area (Å²) in [5.74, 6) is 0. The third kappa shape index (κ3) is 3.50. The number of nitrogens with zero attached hydrogens (tertiary/aromatic N) is 2. The summed E-state index contributed by atoms with van der Waals surface area (Å²) in [4.78, 5) is 3.95. The van der Waals surface area contributed by atoms with E-state index in [0.29, 0.717) is 0 Å². The van der Waals surface area contributed by atoms with Crippen LogP contribution >= 0.6 is 0 Å². The van der Waals surface area contributed by atoms with E-state index in [1.165, 1.54) is 0 Å². The van der Waals surface area contributed by atoms with E-state index < -0.39 is 0 Å². The van der Waals surface area contributed by atoms with Crippen molar-refractivity contribution in [2.75, 3.05) is 19.6 Å². The van der Waals surface area contributed by atoms with Gasteiger partial charge < -0.3 is 15.6 Å². The van der Waals surface area contributed by atoms with Crippen LogP contribution in [0.4, 0.5) is 0 Å². The Balaban J connectivity index is 1.96. The van der Waals surface area contributed by atoms with Crippen LogP contribution in [0.15, 0.2) is 18.7 Å². The van der Waals surface area contributed by atoms with Crippen LogP contribution in [-0.4, -0.2) is 29.2 Å². The van der Waals surface area contributed by atoms with Gasteiger partial charge in [0.2, 0.25) is 0 Å². The van der Waals surface area contributed by atoms with E-state index in [1.54, 1.807) is 6.20 Å². The topological polar surface area (TPSA) is 55.9 Å². The summed E-state index contributed by atoms with van der Waals surface area (Å²) in [6.07, 6.45) is 6.62. The quantitative estimate of drug-likeness (QED) is 0.579. The third-order valence-corrected chi connectivity index (χ3v) is 1.66. The molecular weight excluding hydrogens is 152 g/mol. The van der Waals surface area contributed by atoms with Gasteiger partial charge in [-0.3, -0.25) is 0 Å². The molecule has 0 aliphatic carbocycles. The van der Waals surface area contributed by atoms with Crippen molar-refractivity contribution in [2.45, 2.75) is 13.0 Å². The first kappa shape index (κ1) is 9.22. The zero-order chi connectivity index (χ0) is 8.65. The van der Waals surface area contributed by atoms with Crippen LogP contribution in [-0.2, 0) is 6.54 Å². The zero-order valence-corrected chi connectivity index (χ0v) is 7.24. The highest BCUT2D eigenvalue weighted by molar-refractivity contribution is 4.73. The first-order valence-electron chi connectivity index (χ1n) is 4.30. The Labute approximate surface area is 72.8 Å². The molecule has 0 fully saturated rings. The minimum absolute atomic E-state index is 0.762. The second-order valence-corrected chi connectivity index (χ2v) is 2.69. The molecule has 1 aromatic heterocycles. The van der Waals surface area contributed by atoms with Crippen LogP contribution in [0.3, 0.4) is 0 Å². The molecule has 3 N–H and O–H groups in total. The smallest absolute Gasteiger partial charge is 0.0946 e. The summed E-state index contributed by atoms with van der Waals surface area (Å²) in [5.41, 5.74) is 5.35. The fourth-order valence-electron chi connectivity index (χ4n) is 0.979. The van der Waals surface area contributed by atoms with Gasteiger partial charge >= 0.3 is 0 Å². The lowest BCUT2D eigenvalue weighted by molar-refractivity contribution is 0.586. The van der Waals surface area contributed by atoms with Crippen molar-refractivity contribution in [1.29, 1.82) is 0 Å². The van der Waals surface area contributed by atoms with Crippen molar-refractivity contribution >= 4 is 0 Å². The lowest BCUT2D eigenvalue weighted by atomic mass is 10.4. The van der Waals surface area contributed by atoms with E-state index in [9.17, 15) is 0 Å². The normalized spacial score (nSPS) is 10.4. The SMILES string of the molecule is NCCCNCCn1ccnc1. The number of rotatable bonds is 6. The van der Waals surface area contributed by atoms with Gasteiger partial charge in [0.15, 0.2) is 0 Å². The van der Waals surface area contributed by atoms with Crippen LogP contribution in [0.2, 0.25) is 0 Å². The number of nitrogens with one attached hydrogen (secondary N) is 1. The molecular formula is C8H16N4. The number of hydrogen-bond donors (Lipinski definition) is 2. The largest absolute Gasteiger partial charge is 0.336 e. The molecule has 0 atom stereocenters. The highest BCUT2D eigenvalue weighted by Gasteiger charge is 1.88. The summed E-state index contributed by atoms with van der Waals surface area (Å²) >= 11 is 0. The Bertz CT molecular complexity index is 183. The standard InChI is InChI=1S/C8H16N4/c9-2-1-3-10-4-6-12-7-5-11-8-12/h5,7-8,10H,1-4,6,9H2. The number of imidazole rings is 1. The van der Waals surface area contributed by atoms with Crippen molar-refractivity contribution in [3.8, 4) is 0 Å². The minimum Gasteiger partial charge on any atom is -0.336 e. The summed E-state index contributed by atoms with van der Waals surface area (Å²) in [6, 6.07) is 0. The molecule has 0 unspecified atom stereocenters. The van der Waals surface area contributed by atoms with E-state index in [-0.39, 0.29) is 0 Å². The molecule has 0 radical (unpaired) electrons. The molecule has 0 aliphatic rings. The van der Waals surface area contributed by atoms with Crippen molar-refractivity contribution < 1.29 is 0 Å². The lowest BCUT2D eigenvalue weighted by Gasteiger charge is -2.03. The van der Waals surface area contributed by atoms with Gasteiger partial charge in [0, 0.05) is 25.5 Å². The number of nitrogens with two attached hydrogens (primary N) is 1. The maximum atomic E-state index is 5.35. The van der Waals surface area contributed by atoms with Crippen LogP contribution in [0.25, 0.3) is 0 Å². The first-order chi connectivity index (χ1) is 5.93. The molecule has 12 heavy (non-hydrogen) atoms. The van der Waals surface area contributed by atoms with E-state index in [1.807, 2.05) is 12.5 Å². The van der Waals surface area contributed by atoms with Crippen molar-refractivity contribution in [3.63, 3.8) is 0 Å². The van der Waals surface area contributed by atoms with Crippen molar-refractivity contribution in [2.24, 2.45) is 5.73 Å². The Morgan fingerprint density at radius 1 is 1.42 bits per heavy atom. The third-order valence-electron chi connectivity index (χ3n) is 1.66. The predicted octanol–water partition coefficient (Wildman–Crippen LogP) is -0.178. The minimum atomic E-state index is 0.762. The van der Waals surface area contributed by atoms with Crippen molar-refractivity contribution in [1.82, 2.24) is 14.9 Å². The van der Waals surface area contributed by atoms with Gasteiger partial charge in [0.1, 0.15) is 0 Å². The van der Waals surface area contributed by atoms with Gasteiger partial charge in [-0.2, -0.15) is 0 Å². The second-order valence-electron chi connectivity index (χ2n) is 2.69. The molecule has 68 valence electrons. The molecule has 4 heteroatoms. The zero-order valence-electron chi connectivity index (χ0n) is 7.24. The van der Waals surface area contributed by atoms with Gasteiger partial charge in [-0.05, 0) is 19.5 Å². The summed E-state index contributed by atoms with van der Waals surface area (Å²) < 4.78 is 2.05. The molecule has 0 saturated carbocycles. The number of aromatic nitrogens is 2. The molecule has 1 aromatic rings. The van der Waals surface area contributed by atoms with Gasteiger partial charge in [-0.1, -0.05) is 0 Å². The molecule has 0 amide bonds. The average molecular weight is 168 g/mol. The van der Waals surface area contributed by atoms with Gasteiger partial charge in [-0.15, -0.1) is 0 Å². The highest BCUT2D eigenvalue weighted by atomic mass is 15.0. The molecule has 0 aliphatic heterocycles. The molecule has 4 nitrogen and oxygen atoms in total. The van der Waals surface area contributed by atoms with Crippen LogP contribution in [0.1, 0.15) is 6.42 Å². The maximum Gasteiger partial charge on any atom is 0.0946 e. The number of hydrogen-bond acceptors (Lipinski definition) is 3. The maximum absolute atomic E-state index is 5.35. The second kappa shape index (κ2) is 5.74. The van der Waals surface area contributed by atoms with Gasteiger partial charge in [-0.25, -0.2) is 4.98 Å². The Kier molecular flexibility index (Phi) is 4.41. The van der Waals surface area contributed by atoms with E-state index >= 15 is 0 Å². The summed E-state index contributed by atoms with van der Waals surface area (Å²) in [7, 11) is 0. The van der Waals surface area contributed by atoms with Crippen LogP contribution < -0.4 is 11.1 Å². The molecule has 0 bridgehead atoms. The molecule has 1 heterocycles. The Morgan fingerprint density at radius 3 is 3.00 bits per heavy atom. The molecule has 1 rings (SSSR count).